The van der Waals surface area contributed by atoms with E-state index in [4.69, 9.17) is 0 Å². The second kappa shape index (κ2) is 9.14. The monoisotopic (exact) mass is 239 g/mol. The average Bonchev–Trinajstić information content (AvgIpc) is 2.80. The van der Waals surface area contributed by atoms with Crippen LogP contribution in [0, 0.1) is 0 Å². The molecule has 0 bridgehead atoms. The molecule has 3 amide bonds. The van der Waals surface area contributed by atoms with E-state index in [1.165, 1.54) is 0 Å². The van der Waals surface area contributed by atoms with Gasteiger partial charge in [-0.1, -0.05) is 13.2 Å². The molecule has 17 heavy (non-hydrogen) atoms. The lowest BCUT2D eigenvalue weighted by molar-refractivity contribution is -0.119. The number of carbonyl (C=O) groups is 3. The molecule has 0 aromatic rings. The first-order valence-corrected chi connectivity index (χ1v) is 5.17. The maximum absolute atomic E-state index is 10.5. The van der Waals surface area contributed by atoms with Gasteiger partial charge in [-0.3, -0.25) is 14.4 Å². The molecule has 0 aromatic carbocycles. The molecule has 0 saturated carbocycles. The zero-order valence-corrected chi connectivity index (χ0v) is 9.62. The molecule has 0 spiro atoms. The Bertz CT molecular complexity index is 285. The maximum Gasteiger partial charge on any atom is 0.244 e. The van der Waals surface area contributed by atoms with Crippen molar-refractivity contribution in [3.8, 4) is 0 Å². The van der Waals surface area contributed by atoms with Gasteiger partial charge in [0.1, 0.15) is 0 Å². The SMILES string of the molecule is C=CC(=O)NCNC(=O)C=C.O=C1CCCN1. The maximum atomic E-state index is 10.5. The largest absolute Gasteiger partial charge is 0.356 e. The van der Waals surface area contributed by atoms with Gasteiger partial charge in [0.15, 0.2) is 0 Å². The van der Waals surface area contributed by atoms with E-state index < -0.39 is 0 Å². The zero-order valence-electron chi connectivity index (χ0n) is 9.62. The fourth-order valence-electron chi connectivity index (χ4n) is 0.928. The molecule has 3 N–H and O–H groups in total. The van der Waals surface area contributed by atoms with Crippen molar-refractivity contribution in [3.63, 3.8) is 0 Å². The Morgan fingerprint density at radius 3 is 2.00 bits per heavy atom. The molecule has 0 aromatic heterocycles. The predicted molar refractivity (Wildman–Crippen MR) is 63.8 cm³/mol. The zero-order chi connectivity index (χ0) is 13.1. The molecule has 1 aliphatic rings. The number of rotatable bonds is 4. The van der Waals surface area contributed by atoms with Crippen LogP contribution in [0.3, 0.4) is 0 Å². The lowest BCUT2D eigenvalue weighted by Gasteiger charge is -2.01. The summed E-state index contributed by atoms with van der Waals surface area (Å²) in [5.74, 6) is -0.446. The molecule has 1 aliphatic heterocycles. The standard InChI is InChI=1S/C7H10N2O2.C4H7NO/c1-3-6(10)8-5-9-7(11)4-2;6-4-2-1-3-5-4/h3-4H,1-2,5H2,(H,8,10)(H,9,11);1-3H2,(H,5,6). The summed E-state index contributed by atoms with van der Waals surface area (Å²) in [6, 6.07) is 0. The third-order valence-corrected chi connectivity index (χ3v) is 1.80. The molecular weight excluding hydrogens is 222 g/mol. The first-order chi connectivity index (χ1) is 8.10. The summed E-state index contributed by atoms with van der Waals surface area (Å²) in [5.41, 5.74) is 0. The highest BCUT2D eigenvalue weighted by Gasteiger charge is 2.05. The number of amides is 3. The van der Waals surface area contributed by atoms with E-state index in [9.17, 15) is 14.4 Å². The van der Waals surface area contributed by atoms with Crippen LogP contribution in [0.4, 0.5) is 0 Å². The van der Waals surface area contributed by atoms with E-state index in [-0.39, 0.29) is 24.4 Å². The van der Waals surface area contributed by atoms with Crippen molar-refractivity contribution in [2.24, 2.45) is 0 Å². The number of hydrogen-bond donors (Lipinski definition) is 3. The predicted octanol–water partition coefficient (Wildman–Crippen LogP) is -0.555. The minimum Gasteiger partial charge on any atom is -0.356 e. The Morgan fingerprint density at radius 2 is 1.76 bits per heavy atom. The minimum atomic E-state index is -0.325. The molecule has 94 valence electrons. The van der Waals surface area contributed by atoms with E-state index in [2.05, 4.69) is 29.1 Å². The number of nitrogens with one attached hydrogen (secondary N) is 3. The Morgan fingerprint density at radius 1 is 1.24 bits per heavy atom. The van der Waals surface area contributed by atoms with Crippen LogP contribution in [-0.2, 0) is 14.4 Å². The first kappa shape index (κ1) is 14.9. The molecule has 0 atom stereocenters. The third kappa shape index (κ3) is 8.86. The smallest absolute Gasteiger partial charge is 0.244 e. The van der Waals surface area contributed by atoms with Gasteiger partial charge in [-0.15, -0.1) is 0 Å². The fraction of sp³-hybridized carbons (Fsp3) is 0.364. The lowest BCUT2D eigenvalue weighted by atomic mass is 10.4. The van der Waals surface area contributed by atoms with E-state index in [1.807, 2.05) is 0 Å². The summed E-state index contributed by atoms with van der Waals surface area (Å²) in [4.78, 5) is 31.1. The summed E-state index contributed by atoms with van der Waals surface area (Å²) in [6.45, 7) is 7.45. The molecule has 6 nitrogen and oxygen atoms in total. The summed E-state index contributed by atoms with van der Waals surface area (Å²) in [7, 11) is 0. The summed E-state index contributed by atoms with van der Waals surface area (Å²) in [5, 5.41) is 7.40. The van der Waals surface area contributed by atoms with Crippen molar-refractivity contribution < 1.29 is 14.4 Å². The third-order valence-electron chi connectivity index (χ3n) is 1.80. The van der Waals surface area contributed by atoms with Crippen molar-refractivity contribution in [2.75, 3.05) is 13.2 Å². The van der Waals surface area contributed by atoms with Crippen LogP contribution in [0.5, 0.6) is 0 Å². The highest BCUT2D eigenvalue weighted by Crippen LogP contribution is 1.93. The van der Waals surface area contributed by atoms with Crippen molar-refractivity contribution in [2.45, 2.75) is 12.8 Å². The molecule has 1 heterocycles. The molecule has 0 unspecified atom stereocenters. The van der Waals surface area contributed by atoms with Gasteiger partial charge in [0.2, 0.25) is 17.7 Å². The Labute approximate surface area is 100 Å². The van der Waals surface area contributed by atoms with Crippen LogP contribution < -0.4 is 16.0 Å². The highest BCUT2D eigenvalue weighted by atomic mass is 16.2. The summed E-state index contributed by atoms with van der Waals surface area (Å²) >= 11 is 0. The first-order valence-electron chi connectivity index (χ1n) is 5.17. The van der Waals surface area contributed by atoms with E-state index >= 15 is 0 Å². The summed E-state index contributed by atoms with van der Waals surface area (Å²) < 4.78 is 0. The molecule has 1 saturated heterocycles. The summed E-state index contributed by atoms with van der Waals surface area (Å²) in [6.07, 6.45) is 4.01. The van der Waals surface area contributed by atoms with Crippen LogP contribution in [0.1, 0.15) is 12.8 Å². The van der Waals surface area contributed by atoms with Crippen molar-refractivity contribution >= 4 is 17.7 Å². The lowest BCUT2D eigenvalue weighted by Crippen LogP contribution is -2.35. The van der Waals surface area contributed by atoms with Crippen LogP contribution in [0.25, 0.3) is 0 Å². The molecule has 0 aliphatic carbocycles. The Kier molecular flexibility index (Phi) is 8.01. The average molecular weight is 239 g/mol. The quantitative estimate of drug-likeness (QED) is 0.454. The normalized spacial score (nSPS) is 12.6. The van der Waals surface area contributed by atoms with Gasteiger partial charge in [-0.25, -0.2) is 0 Å². The fourth-order valence-corrected chi connectivity index (χ4v) is 0.928. The number of carbonyl (C=O) groups excluding carboxylic acids is 3. The van der Waals surface area contributed by atoms with Crippen LogP contribution in [0.2, 0.25) is 0 Å². The van der Waals surface area contributed by atoms with Gasteiger partial charge in [0.25, 0.3) is 0 Å². The Hall–Kier alpha value is -2.11. The van der Waals surface area contributed by atoms with Crippen LogP contribution in [0.15, 0.2) is 25.3 Å². The second-order valence-electron chi connectivity index (χ2n) is 3.12. The van der Waals surface area contributed by atoms with Crippen LogP contribution >= 0.6 is 0 Å². The van der Waals surface area contributed by atoms with Crippen molar-refractivity contribution in [3.05, 3.63) is 25.3 Å². The van der Waals surface area contributed by atoms with Crippen molar-refractivity contribution in [1.29, 1.82) is 0 Å². The molecule has 1 rings (SSSR count). The highest BCUT2D eigenvalue weighted by molar-refractivity contribution is 5.89. The molecule has 0 radical (unpaired) electrons. The van der Waals surface area contributed by atoms with Gasteiger partial charge in [-0.05, 0) is 18.6 Å². The topological polar surface area (TPSA) is 87.3 Å². The van der Waals surface area contributed by atoms with E-state index in [0.717, 1.165) is 31.5 Å². The van der Waals surface area contributed by atoms with Crippen LogP contribution in [-0.4, -0.2) is 30.9 Å². The van der Waals surface area contributed by atoms with Gasteiger partial charge in [0.05, 0.1) is 6.67 Å². The molecule has 1 fully saturated rings. The van der Waals surface area contributed by atoms with Gasteiger partial charge in [-0.2, -0.15) is 0 Å². The molecular formula is C11H17N3O3. The van der Waals surface area contributed by atoms with E-state index in [1.54, 1.807) is 0 Å². The van der Waals surface area contributed by atoms with Crippen molar-refractivity contribution in [1.82, 2.24) is 16.0 Å². The number of hydrogen-bond acceptors (Lipinski definition) is 3. The van der Waals surface area contributed by atoms with E-state index in [0.29, 0.717) is 0 Å². The second-order valence-corrected chi connectivity index (χ2v) is 3.12. The van der Waals surface area contributed by atoms with Gasteiger partial charge >= 0.3 is 0 Å². The minimum absolute atomic E-state index is 0.0930. The van der Waals surface area contributed by atoms with Gasteiger partial charge < -0.3 is 16.0 Å². The van der Waals surface area contributed by atoms with Gasteiger partial charge in [0, 0.05) is 13.0 Å². The Balaban J connectivity index is 0.000000354. The molecule has 6 heteroatoms.